The standard InChI is InChI=1S/C16H22N2O/c1-12-3-2-9-18(10-7-12)16(19)14-4-5-15-13(11-14)6-8-17-15/h4-5,11-12,17H,2-3,6-10H2,1H3. The third-order valence-corrected chi connectivity index (χ3v) is 4.37. The Morgan fingerprint density at radius 2 is 2.21 bits per heavy atom. The van der Waals surface area contributed by atoms with Crippen LogP contribution in [0.25, 0.3) is 0 Å². The number of benzene rings is 1. The van der Waals surface area contributed by atoms with Crippen LogP contribution in [-0.4, -0.2) is 30.4 Å². The smallest absolute Gasteiger partial charge is 0.253 e. The number of carbonyl (C=O) groups excluding carboxylic acids is 1. The molecule has 3 heteroatoms. The molecule has 0 aliphatic carbocycles. The van der Waals surface area contributed by atoms with Crippen molar-refractivity contribution >= 4 is 11.6 Å². The number of likely N-dealkylation sites (tertiary alicyclic amines) is 1. The van der Waals surface area contributed by atoms with E-state index in [0.29, 0.717) is 0 Å². The number of nitrogens with zero attached hydrogens (tertiary/aromatic N) is 1. The largest absolute Gasteiger partial charge is 0.384 e. The molecule has 1 unspecified atom stereocenters. The molecule has 19 heavy (non-hydrogen) atoms. The van der Waals surface area contributed by atoms with Crippen molar-refractivity contribution in [2.75, 3.05) is 25.0 Å². The first kappa shape index (κ1) is 12.5. The fraction of sp³-hybridized carbons (Fsp3) is 0.562. The zero-order chi connectivity index (χ0) is 13.2. The average molecular weight is 258 g/mol. The molecule has 2 aliphatic heterocycles. The minimum atomic E-state index is 0.212. The maximum absolute atomic E-state index is 12.6. The molecule has 1 amide bonds. The minimum absolute atomic E-state index is 0.212. The maximum atomic E-state index is 12.6. The summed E-state index contributed by atoms with van der Waals surface area (Å²) in [7, 11) is 0. The highest BCUT2D eigenvalue weighted by molar-refractivity contribution is 5.95. The predicted molar refractivity (Wildman–Crippen MR) is 77.6 cm³/mol. The normalized spacial score (nSPS) is 22.6. The Morgan fingerprint density at radius 1 is 1.32 bits per heavy atom. The van der Waals surface area contributed by atoms with Crippen molar-refractivity contribution in [2.24, 2.45) is 5.92 Å². The van der Waals surface area contributed by atoms with Crippen molar-refractivity contribution in [1.82, 2.24) is 4.90 Å². The van der Waals surface area contributed by atoms with E-state index in [4.69, 9.17) is 0 Å². The van der Waals surface area contributed by atoms with Gasteiger partial charge >= 0.3 is 0 Å². The number of amides is 1. The van der Waals surface area contributed by atoms with Crippen molar-refractivity contribution in [1.29, 1.82) is 0 Å². The van der Waals surface area contributed by atoms with E-state index in [0.717, 1.165) is 50.4 Å². The summed E-state index contributed by atoms with van der Waals surface area (Å²) in [6.07, 6.45) is 4.56. The Bertz CT molecular complexity index is 484. The van der Waals surface area contributed by atoms with Crippen molar-refractivity contribution in [2.45, 2.75) is 32.6 Å². The van der Waals surface area contributed by atoms with Gasteiger partial charge in [0.1, 0.15) is 0 Å². The summed E-state index contributed by atoms with van der Waals surface area (Å²) in [5.74, 6) is 0.964. The Kier molecular flexibility index (Phi) is 3.45. The number of anilines is 1. The van der Waals surface area contributed by atoms with Crippen LogP contribution >= 0.6 is 0 Å². The van der Waals surface area contributed by atoms with Crippen LogP contribution in [-0.2, 0) is 6.42 Å². The molecular formula is C16H22N2O. The van der Waals surface area contributed by atoms with E-state index in [1.807, 2.05) is 11.0 Å². The summed E-state index contributed by atoms with van der Waals surface area (Å²) in [6, 6.07) is 6.09. The van der Waals surface area contributed by atoms with Crippen molar-refractivity contribution < 1.29 is 4.79 Å². The lowest BCUT2D eigenvalue weighted by Crippen LogP contribution is -2.32. The van der Waals surface area contributed by atoms with Crippen LogP contribution in [0.4, 0.5) is 5.69 Å². The molecule has 1 fully saturated rings. The van der Waals surface area contributed by atoms with E-state index < -0.39 is 0 Å². The number of fused-ring (bicyclic) bond motifs is 1. The lowest BCUT2D eigenvalue weighted by Gasteiger charge is -2.20. The third-order valence-electron chi connectivity index (χ3n) is 4.37. The highest BCUT2D eigenvalue weighted by Crippen LogP contribution is 2.24. The molecular weight excluding hydrogens is 236 g/mol. The first-order valence-electron chi connectivity index (χ1n) is 7.40. The Morgan fingerprint density at radius 3 is 3.11 bits per heavy atom. The van der Waals surface area contributed by atoms with Crippen molar-refractivity contribution in [3.05, 3.63) is 29.3 Å². The topological polar surface area (TPSA) is 32.3 Å². The second kappa shape index (κ2) is 5.24. The molecule has 0 saturated carbocycles. The van der Waals surface area contributed by atoms with Gasteiger partial charge in [-0.25, -0.2) is 0 Å². The molecule has 1 saturated heterocycles. The maximum Gasteiger partial charge on any atom is 0.253 e. The van der Waals surface area contributed by atoms with E-state index in [-0.39, 0.29) is 5.91 Å². The Hall–Kier alpha value is -1.51. The van der Waals surface area contributed by atoms with Gasteiger partial charge in [0.2, 0.25) is 0 Å². The van der Waals surface area contributed by atoms with Gasteiger partial charge in [-0.2, -0.15) is 0 Å². The second-order valence-corrected chi connectivity index (χ2v) is 5.88. The van der Waals surface area contributed by atoms with Gasteiger partial charge in [-0.1, -0.05) is 6.92 Å². The molecule has 2 aliphatic rings. The second-order valence-electron chi connectivity index (χ2n) is 5.88. The lowest BCUT2D eigenvalue weighted by atomic mass is 10.0. The number of carbonyl (C=O) groups is 1. The lowest BCUT2D eigenvalue weighted by molar-refractivity contribution is 0.0760. The van der Waals surface area contributed by atoms with Gasteiger partial charge in [0.25, 0.3) is 5.91 Å². The number of hydrogen-bond acceptors (Lipinski definition) is 2. The van der Waals surface area contributed by atoms with Gasteiger partial charge < -0.3 is 10.2 Å². The Balaban J connectivity index is 1.76. The first-order valence-corrected chi connectivity index (χ1v) is 7.40. The fourth-order valence-corrected chi connectivity index (χ4v) is 3.09. The fourth-order valence-electron chi connectivity index (χ4n) is 3.09. The summed E-state index contributed by atoms with van der Waals surface area (Å²) in [5, 5.41) is 3.34. The molecule has 1 aromatic carbocycles. The van der Waals surface area contributed by atoms with E-state index >= 15 is 0 Å². The molecule has 1 N–H and O–H groups in total. The molecule has 1 atom stereocenters. The molecule has 102 valence electrons. The molecule has 0 bridgehead atoms. The van der Waals surface area contributed by atoms with Crippen LogP contribution in [0, 0.1) is 5.92 Å². The van der Waals surface area contributed by atoms with Gasteiger partial charge in [-0.05, 0) is 55.4 Å². The highest BCUT2D eigenvalue weighted by atomic mass is 16.2. The van der Waals surface area contributed by atoms with Crippen molar-refractivity contribution in [3.8, 4) is 0 Å². The van der Waals surface area contributed by atoms with Crippen LogP contribution < -0.4 is 5.32 Å². The summed E-state index contributed by atoms with van der Waals surface area (Å²) in [5.41, 5.74) is 3.34. The highest BCUT2D eigenvalue weighted by Gasteiger charge is 2.21. The van der Waals surface area contributed by atoms with Crippen LogP contribution in [0.5, 0.6) is 0 Å². The van der Waals surface area contributed by atoms with Crippen molar-refractivity contribution in [3.63, 3.8) is 0 Å². The quantitative estimate of drug-likeness (QED) is 0.840. The minimum Gasteiger partial charge on any atom is -0.384 e. The van der Waals surface area contributed by atoms with E-state index in [9.17, 15) is 4.79 Å². The Labute approximate surface area is 115 Å². The molecule has 2 heterocycles. The van der Waals surface area contributed by atoms with Gasteiger partial charge in [-0.15, -0.1) is 0 Å². The molecule has 0 radical (unpaired) electrons. The van der Waals surface area contributed by atoms with Gasteiger partial charge in [0, 0.05) is 30.9 Å². The first-order chi connectivity index (χ1) is 9.24. The zero-order valence-electron chi connectivity index (χ0n) is 11.6. The number of rotatable bonds is 1. The average Bonchev–Trinajstić information content (AvgIpc) is 2.78. The number of hydrogen-bond donors (Lipinski definition) is 1. The summed E-state index contributed by atoms with van der Waals surface area (Å²) < 4.78 is 0. The molecule has 3 nitrogen and oxygen atoms in total. The molecule has 0 aromatic heterocycles. The molecule has 0 spiro atoms. The molecule has 3 rings (SSSR count). The zero-order valence-corrected chi connectivity index (χ0v) is 11.6. The third kappa shape index (κ3) is 2.60. The van der Waals surface area contributed by atoms with Gasteiger partial charge in [0.15, 0.2) is 0 Å². The van der Waals surface area contributed by atoms with Gasteiger partial charge in [-0.3, -0.25) is 4.79 Å². The monoisotopic (exact) mass is 258 g/mol. The SMILES string of the molecule is CC1CCCN(C(=O)c2ccc3c(c2)CCN3)CC1. The molecule has 1 aromatic rings. The summed E-state index contributed by atoms with van der Waals surface area (Å²) in [4.78, 5) is 14.6. The van der Waals surface area contributed by atoms with E-state index in [2.05, 4.69) is 24.4 Å². The summed E-state index contributed by atoms with van der Waals surface area (Å²) >= 11 is 0. The van der Waals surface area contributed by atoms with E-state index in [1.54, 1.807) is 0 Å². The number of nitrogens with one attached hydrogen (secondary N) is 1. The van der Waals surface area contributed by atoms with Crippen LogP contribution in [0.2, 0.25) is 0 Å². The summed E-state index contributed by atoms with van der Waals surface area (Å²) in [6.45, 7) is 5.11. The van der Waals surface area contributed by atoms with Gasteiger partial charge in [0.05, 0.1) is 0 Å². The van der Waals surface area contributed by atoms with Crippen LogP contribution in [0.1, 0.15) is 42.1 Å². The van der Waals surface area contributed by atoms with E-state index in [1.165, 1.54) is 17.7 Å². The predicted octanol–water partition coefficient (Wildman–Crippen LogP) is 2.92. The van der Waals surface area contributed by atoms with Crippen LogP contribution in [0.3, 0.4) is 0 Å². The van der Waals surface area contributed by atoms with Crippen LogP contribution in [0.15, 0.2) is 18.2 Å².